The molecule has 0 bridgehead atoms. The second-order valence-corrected chi connectivity index (χ2v) is 7.44. The van der Waals surface area contributed by atoms with E-state index in [1.165, 1.54) is 12.5 Å². The molecule has 0 saturated heterocycles. The van der Waals surface area contributed by atoms with Crippen LogP contribution in [0.4, 0.5) is 4.79 Å². The van der Waals surface area contributed by atoms with Gasteiger partial charge < -0.3 is 24.5 Å². The van der Waals surface area contributed by atoms with Crippen molar-refractivity contribution >= 4 is 24.2 Å². The average Bonchev–Trinajstić information content (AvgIpc) is 3.40. The van der Waals surface area contributed by atoms with Crippen molar-refractivity contribution in [3.8, 4) is 5.75 Å². The summed E-state index contributed by atoms with van der Waals surface area (Å²) in [4.78, 5) is 43.2. The van der Waals surface area contributed by atoms with Gasteiger partial charge in [-0.15, -0.1) is 0 Å². The standard InChI is InChI=1S/C25H27N5O6/c1-2-34-23(31)16-35-21-10-8-18(9-11-21)13-28-30-24(32)22(12-20-14-26-17-27-20)29-25(33)36-15-19-6-4-3-5-7-19/h3-11,13-14,17,22H,2,12,15-16H2,1H3,(H,26,27)(H,29,33)(H,30,32)/b28-13-/t22-/m1/s1. The van der Waals surface area contributed by atoms with Crippen molar-refractivity contribution < 1.29 is 28.6 Å². The lowest BCUT2D eigenvalue weighted by molar-refractivity contribution is -0.145. The van der Waals surface area contributed by atoms with Crippen molar-refractivity contribution in [2.45, 2.75) is 26.0 Å². The van der Waals surface area contributed by atoms with Crippen molar-refractivity contribution in [2.75, 3.05) is 13.2 Å². The van der Waals surface area contributed by atoms with Gasteiger partial charge in [-0.25, -0.2) is 20.0 Å². The summed E-state index contributed by atoms with van der Waals surface area (Å²) >= 11 is 0. The quantitative estimate of drug-likeness (QED) is 0.200. The Labute approximate surface area is 207 Å². The van der Waals surface area contributed by atoms with Crippen LogP contribution < -0.4 is 15.5 Å². The third-order valence-electron chi connectivity index (χ3n) is 4.73. The maximum atomic E-state index is 12.7. The van der Waals surface area contributed by atoms with Gasteiger partial charge in [0.15, 0.2) is 6.61 Å². The number of carbonyl (C=O) groups is 3. The highest BCUT2D eigenvalue weighted by atomic mass is 16.6. The van der Waals surface area contributed by atoms with Crippen LogP contribution in [0.1, 0.15) is 23.7 Å². The molecule has 36 heavy (non-hydrogen) atoms. The van der Waals surface area contributed by atoms with Gasteiger partial charge in [-0.3, -0.25) is 4.79 Å². The number of nitrogens with zero attached hydrogens (tertiary/aromatic N) is 2. The highest BCUT2D eigenvalue weighted by Gasteiger charge is 2.22. The second-order valence-electron chi connectivity index (χ2n) is 7.44. The van der Waals surface area contributed by atoms with Crippen LogP contribution in [-0.2, 0) is 32.1 Å². The number of aromatic nitrogens is 2. The van der Waals surface area contributed by atoms with E-state index in [1.54, 1.807) is 37.4 Å². The fourth-order valence-electron chi connectivity index (χ4n) is 2.98. The number of ether oxygens (including phenoxy) is 3. The van der Waals surface area contributed by atoms with Gasteiger partial charge in [-0.05, 0) is 42.3 Å². The van der Waals surface area contributed by atoms with E-state index in [4.69, 9.17) is 14.2 Å². The van der Waals surface area contributed by atoms with Gasteiger partial charge in [0.1, 0.15) is 18.4 Å². The molecule has 3 aromatic rings. The van der Waals surface area contributed by atoms with Crippen molar-refractivity contribution in [2.24, 2.45) is 5.10 Å². The molecule has 11 nitrogen and oxygen atoms in total. The first-order valence-electron chi connectivity index (χ1n) is 11.2. The number of amides is 2. The molecule has 0 aliphatic carbocycles. The Morgan fingerprint density at radius 1 is 1.08 bits per heavy atom. The van der Waals surface area contributed by atoms with E-state index in [0.717, 1.165) is 5.56 Å². The number of aromatic amines is 1. The van der Waals surface area contributed by atoms with Crippen LogP contribution in [0.3, 0.4) is 0 Å². The van der Waals surface area contributed by atoms with Gasteiger partial charge >= 0.3 is 12.1 Å². The van der Waals surface area contributed by atoms with E-state index < -0.39 is 24.0 Å². The summed E-state index contributed by atoms with van der Waals surface area (Å²) in [6.07, 6.45) is 3.91. The van der Waals surface area contributed by atoms with E-state index in [2.05, 4.69) is 25.8 Å². The summed E-state index contributed by atoms with van der Waals surface area (Å²) in [6.45, 7) is 1.90. The van der Waals surface area contributed by atoms with E-state index in [0.29, 0.717) is 17.0 Å². The summed E-state index contributed by atoms with van der Waals surface area (Å²) in [5, 5.41) is 6.53. The minimum atomic E-state index is -0.954. The molecule has 1 heterocycles. The van der Waals surface area contributed by atoms with E-state index >= 15 is 0 Å². The van der Waals surface area contributed by atoms with Crippen LogP contribution in [-0.4, -0.2) is 53.4 Å². The van der Waals surface area contributed by atoms with Gasteiger partial charge in [0, 0.05) is 18.3 Å². The molecule has 0 unspecified atom stereocenters. The molecule has 2 amide bonds. The molecule has 2 aromatic carbocycles. The van der Waals surface area contributed by atoms with Crippen LogP contribution in [0.5, 0.6) is 5.75 Å². The molecule has 11 heteroatoms. The van der Waals surface area contributed by atoms with Gasteiger partial charge in [0.25, 0.3) is 5.91 Å². The Hall–Kier alpha value is -4.67. The molecule has 188 valence electrons. The number of alkyl carbamates (subject to hydrolysis) is 1. The molecule has 1 aromatic heterocycles. The normalized spacial score (nSPS) is 11.5. The molecule has 1 atom stereocenters. The Bertz CT molecular complexity index is 1130. The molecule has 0 aliphatic heterocycles. The predicted octanol–water partition coefficient (Wildman–Crippen LogP) is 2.34. The topological polar surface area (TPSA) is 144 Å². The third kappa shape index (κ3) is 8.93. The lowest BCUT2D eigenvalue weighted by atomic mass is 10.1. The second kappa shape index (κ2) is 13.9. The molecular formula is C25H27N5O6. The van der Waals surface area contributed by atoms with E-state index in [1.807, 2.05) is 30.3 Å². The number of H-pyrrole nitrogens is 1. The molecule has 3 rings (SSSR count). The van der Waals surface area contributed by atoms with Crippen molar-refractivity contribution in [1.82, 2.24) is 20.7 Å². The smallest absolute Gasteiger partial charge is 0.408 e. The molecular weight excluding hydrogens is 466 g/mol. The summed E-state index contributed by atoms with van der Waals surface area (Å²) in [6, 6.07) is 15.0. The zero-order chi connectivity index (χ0) is 25.6. The zero-order valence-corrected chi connectivity index (χ0v) is 19.7. The zero-order valence-electron chi connectivity index (χ0n) is 19.7. The van der Waals surface area contributed by atoms with Crippen LogP contribution in [0.15, 0.2) is 72.2 Å². The number of hydrogen-bond donors (Lipinski definition) is 3. The maximum Gasteiger partial charge on any atom is 0.408 e. The summed E-state index contributed by atoms with van der Waals surface area (Å²) in [5.41, 5.74) is 4.58. The van der Waals surface area contributed by atoms with Crippen LogP contribution in [0.2, 0.25) is 0 Å². The third-order valence-corrected chi connectivity index (χ3v) is 4.73. The largest absolute Gasteiger partial charge is 0.482 e. The van der Waals surface area contributed by atoms with Gasteiger partial charge in [0.2, 0.25) is 0 Å². The fraction of sp³-hybridized carbons (Fsp3) is 0.240. The number of benzene rings is 2. The molecule has 0 fully saturated rings. The Morgan fingerprint density at radius 3 is 2.56 bits per heavy atom. The van der Waals surface area contributed by atoms with E-state index in [-0.39, 0.29) is 26.2 Å². The van der Waals surface area contributed by atoms with Gasteiger partial charge in [0.05, 0.1) is 19.1 Å². The number of esters is 1. The number of hydrogen-bond acceptors (Lipinski definition) is 8. The molecule has 0 spiro atoms. The number of hydrazone groups is 1. The first-order valence-corrected chi connectivity index (χ1v) is 11.2. The Kier molecular flexibility index (Phi) is 10.0. The highest BCUT2D eigenvalue weighted by Crippen LogP contribution is 2.11. The summed E-state index contributed by atoms with van der Waals surface area (Å²) in [7, 11) is 0. The SMILES string of the molecule is CCOC(=O)COc1ccc(/C=N\NC(=O)[C@@H](Cc2cnc[nH]2)NC(=O)OCc2ccccc2)cc1. The van der Waals surface area contributed by atoms with Crippen LogP contribution in [0.25, 0.3) is 0 Å². The van der Waals surface area contributed by atoms with Crippen molar-refractivity contribution in [1.29, 1.82) is 0 Å². The monoisotopic (exact) mass is 493 g/mol. The highest BCUT2D eigenvalue weighted by molar-refractivity contribution is 5.87. The van der Waals surface area contributed by atoms with Crippen LogP contribution in [0, 0.1) is 0 Å². The van der Waals surface area contributed by atoms with Crippen molar-refractivity contribution in [3.05, 3.63) is 83.9 Å². The fourth-order valence-corrected chi connectivity index (χ4v) is 2.98. The minimum absolute atomic E-state index is 0.0721. The molecule has 0 radical (unpaired) electrons. The predicted molar refractivity (Wildman–Crippen MR) is 130 cm³/mol. The first-order chi connectivity index (χ1) is 17.5. The number of rotatable bonds is 12. The molecule has 3 N–H and O–H groups in total. The number of carbonyl (C=O) groups excluding carboxylic acids is 3. The average molecular weight is 494 g/mol. The van der Waals surface area contributed by atoms with E-state index in [9.17, 15) is 14.4 Å². The van der Waals surface area contributed by atoms with Crippen molar-refractivity contribution in [3.63, 3.8) is 0 Å². The molecule has 0 saturated carbocycles. The Morgan fingerprint density at radius 2 is 1.86 bits per heavy atom. The van der Waals surface area contributed by atoms with Gasteiger partial charge in [-0.1, -0.05) is 30.3 Å². The molecule has 0 aliphatic rings. The Balaban J connectivity index is 1.52. The minimum Gasteiger partial charge on any atom is -0.482 e. The number of nitrogens with one attached hydrogen (secondary N) is 3. The lowest BCUT2D eigenvalue weighted by Gasteiger charge is -2.16. The van der Waals surface area contributed by atoms with Crippen LogP contribution >= 0.6 is 0 Å². The first kappa shape index (κ1) is 25.9. The summed E-state index contributed by atoms with van der Waals surface area (Å²) < 4.78 is 15.4. The lowest BCUT2D eigenvalue weighted by Crippen LogP contribution is -2.47. The maximum absolute atomic E-state index is 12.7. The number of imidazole rings is 1. The van der Waals surface area contributed by atoms with Gasteiger partial charge in [-0.2, -0.15) is 5.10 Å². The summed E-state index contributed by atoms with van der Waals surface area (Å²) in [5.74, 6) is -0.498.